The highest BCUT2D eigenvalue weighted by Gasteiger charge is 2.25. The Balaban J connectivity index is 2.26. The molecular weight excluding hydrogens is 194 g/mol. The van der Waals surface area contributed by atoms with Gasteiger partial charge in [-0.25, -0.2) is 0 Å². The van der Waals surface area contributed by atoms with Crippen LogP contribution in [0.4, 0.5) is 0 Å². The van der Waals surface area contributed by atoms with E-state index in [4.69, 9.17) is 0 Å². The van der Waals surface area contributed by atoms with Crippen molar-refractivity contribution < 1.29 is 0 Å². The molecule has 0 aliphatic heterocycles. The van der Waals surface area contributed by atoms with Gasteiger partial charge in [-0.2, -0.15) is 0 Å². The fraction of sp³-hybridized carbons (Fsp3) is 0.467. The zero-order chi connectivity index (χ0) is 11.4. The molecule has 2 rings (SSSR count). The maximum absolute atomic E-state index is 3.86. The average Bonchev–Trinajstić information content (AvgIpc) is 2.35. The van der Waals surface area contributed by atoms with Crippen LogP contribution in [-0.4, -0.2) is 13.1 Å². The van der Waals surface area contributed by atoms with Crippen LogP contribution in [0.2, 0.25) is 0 Å². The van der Waals surface area contributed by atoms with E-state index in [1.165, 1.54) is 19.3 Å². The lowest BCUT2D eigenvalue weighted by atomic mass is 9.78. The number of benzene rings is 1. The monoisotopic (exact) mass is 215 g/mol. The van der Waals surface area contributed by atoms with Gasteiger partial charge in [0, 0.05) is 6.04 Å². The molecule has 1 aromatic rings. The summed E-state index contributed by atoms with van der Waals surface area (Å²) in [5.41, 5.74) is 3.10. The second-order valence-electron chi connectivity index (χ2n) is 4.62. The van der Waals surface area contributed by atoms with Crippen LogP contribution in [0.3, 0.4) is 0 Å². The highest BCUT2D eigenvalue weighted by Crippen LogP contribution is 2.34. The highest BCUT2D eigenvalue weighted by atomic mass is 14.9. The second-order valence-corrected chi connectivity index (χ2v) is 4.62. The predicted octanol–water partition coefficient (Wildman–Crippen LogP) is 3.27. The van der Waals surface area contributed by atoms with Crippen molar-refractivity contribution in [3.05, 3.63) is 48.0 Å². The van der Waals surface area contributed by atoms with Crippen molar-refractivity contribution >= 4 is 0 Å². The van der Waals surface area contributed by atoms with Crippen molar-refractivity contribution in [2.45, 2.75) is 37.6 Å². The molecule has 1 aliphatic rings. The van der Waals surface area contributed by atoms with Gasteiger partial charge in [-0.05, 0) is 49.8 Å². The molecule has 0 radical (unpaired) electrons. The summed E-state index contributed by atoms with van der Waals surface area (Å²) >= 11 is 0. The minimum absolute atomic E-state index is 0.541. The standard InChI is InChI=1S/C15H21N/c1-3-7-15(16-2)14-11-6-9-12-8-4-5-10-13(12)14/h3-5,8,10,14-16H,1,6-7,9,11H2,2H3. The summed E-state index contributed by atoms with van der Waals surface area (Å²) in [7, 11) is 2.06. The normalized spacial score (nSPS) is 21.2. The molecule has 0 heterocycles. The Morgan fingerprint density at radius 1 is 1.50 bits per heavy atom. The Bertz CT molecular complexity index is 356. The fourth-order valence-electron chi connectivity index (χ4n) is 2.87. The summed E-state index contributed by atoms with van der Waals surface area (Å²) in [5.74, 6) is 0.660. The average molecular weight is 215 g/mol. The molecule has 0 fully saturated rings. The van der Waals surface area contributed by atoms with E-state index in [0.717, 1.165) is 6.42 Å². The number of hydrogen-bond acceptors (Lipinski definition) is 1. The Hall–Kier alpha value is -1.08. The van der Waals surface area contributed by atoms with Gasteiger partial charge in [0.25, 0.3) is 0 Å². The topological polar surface area (TPSA) is 12.0 Å². The van der Waals surface area contributed by atoms with Crippen molar-refractivity contribution in [3.63, 3.8) is 0 Å². The van der Waals surface area contributed by atoms with Crippen molar-refractivity contribution in [2.24, 2.45) is 0 Å². The van der Waals surface area contributed by atoms with Crippen molar-refractivity contribution in [1.29, 1.82) is 0 Å². The summed E-state index contributed by atoms with van der Waals surface area (Å²) in [5, 5.41) is 3.44. The minimum Gasteiger partial charge on any atom is -0.316 e. The van der Waals surface area contributed by atoms with E-state index in [1.54, 1.807) is 11.1 Å². The first-order valence-corrected chi connectivity index (χ1v) is 6.22. The molecule has 16 heavy (non-hydrogen) atoms. The molecule has 1 N–H and O–H groups in total. The molecule has 86 valence electrons. The molecule has 1 nitrogen and oxygen atoms in total. The van der Waals surface area contributed by atoms with Crippen LogP contribution in [0.15, 0.2) is 36.9 Å². The van der Waals surface area contributed by atoms with E-state index < -0.39 is 0 Å². The van der Waals surface area contributed by atoms with E-state index in [0.29, 0.717) is 12.0 Å². The SMILES string of the molecule is C=CCC(NC)C1CCCc2ccccc21. The zero-order valence-corrected chi connectivity index (χ0v) is 10.1. The van der Waals surface area contributed by atoms with Crippen LogP contribution < -0.4 is 5.32 Å². The lowest BCUT2D eigenvalue weighted by molar-refractivity contribution is 0.416. The minimum atomic E-state index is 0.541. The summed E-state index contributed by atoms with van der Waals surface area (Å²) in [6.07, 6.45) is 6.94. The van der Waals surface area contributed by atoms with Crippen LogP contribution in [0.1, 0.15) is 36.3 Å². The molecule has 1 aliphatic carbocycles. The number of aryl methyl sites for hydroxylation is 1. The fourth-order valence-corrected chi connectivity index (χ4v) is 2.87. The summed E-state index contributed by atoms with van der Waals surface area (Å²) in [6.45, 7) is 3.86. The lowest BCUT2D eigenvalue weighted by Gasteiger charge is -2.31. The van der Waals surface area contributed by atoms with Crippen molar-refractivity contribution in [1.82, 2.24) is 5.32 Å². The second kappa shape index (κ2) is 5.31. The third kappa shape index (κ3) is 2.19. The third-order valence-corrected chi connectivity index (χ3v) is 3.69. The highest BCUT2D eigenvalue weighted by molar-refractivity contribution is 5.33. The Morgan fingerprint density at radius 2 is 2.31 bits per heavy atom. The molecule has 1 heteroatoms. The number of nitrogens with one attached hydrogen (secondary N) is 1. The quantitative estimate of drug-likeness (QED) is 0.760. The van der Waals surface area contributed by atoms with Gasteiger partial charge in [0.1, 0.15) is 0 Å². The molecule has 0 saturated heterocycles. The summed E-state index contributed by atoms with van der Waals surface area (Å²) < 4.78 is 0. The lowest BCUT2D eigenvalue weighted by Crippen LogP contribution is -2.33. The van der Waals surface area contributed by atoms with Gasteiger partial charge in [0.15, 0.2) is 0 Å². The molecule has 0 aromatic heterocycles. The van der Waals surface area contributed by atoms with E-state index in [9.17, 15) is 0 Å². The Morgan fingerprint density at radius 3 is 3.06 bits per heavy atom. The van der Waals surface area contributed by atoms with Gasteiger partial charge in [0.05, 0.1) is 0 Å². The first-order chi connectivity index (χ1) is 7.86. The van der Waals surface area contributed by atoms with E-state index in [1.807, 2.05) is 6.08 Å². The number of rotatable bonds is 4. The molecule has 0 spiro atoms. The first kappa shape index (κ1) is 11.4. The number of hydrogen-bond donors (Lipinski definition) is 1. The molecule has 0 saturated carbocycles. The van der Waals surface area contributed by atoms with Crippen molar-refractivity contribution in [2.75, 3.05) is 7.05 Å². The largest absolute Gasteiger partial charge is 0.316 e. The molecule has 0 amide bonds. The zero-order valence-electron chi connectivity index (χ0n) is 10.1. The van der Waals surface area contributed by atoms with Crippen LogP contribution in [-0.2, 0) is 6.42 Å². The molecule has 2 atom stereocenters. The van der Waals surface area contributed by atoms with Gasteiger partial charge in [-0.1, -0.05) is 30.3 Å². The van der Waals surface area contributed by atoms with E-state index in [-0.39, 0.29) is 0 Å². The molecule has 0 bridgehead atoms. The first-order valence-electron chi connectivity index (χ1n) is 6.22. The van der Waals surface area contributed by atoms with Crippen LogP contribution in [0, 0.1) is 0 Å². The van der Waals surface area contributed by atoms with Crippen LogP contribution >= 0.6 is 0 Å². The summed E-state index contributed by atoms with van der Waals surface area (Å²) in [6, 6.07) is 9.44. The number of fused-ring (bicyclic) bond motifs is 1. The van der Waals surface area contributed by atoms with Crippen LogP contribution in [0.25, 0.3) is 0 Å². The van der Waals surface area contributed by atoms with Crippen molar-refractivity contribution in [3.8, 4) is 0 Å². The Labute approximate surface area is 98.6 Å². The molecule has 1 aromatic carbocycles. The van der Waals surface area contributed by atoms with Gasteiger partial charge in [-0.15, -0.1) is 6.58 Å². The maximum Gasteiger partial charge on any atom is 0.0167 e. The van der Waals surface area contributed by atoms with Gasteiger partial charge in [0.2, 0.25) is 0 Å². The predicted molar refractivity (Wildman–Crippen MR) is 69.8 cm³/mol. The van der Waals surface area contributed by atoms with Gasteiger partial charge in [-0.3, -0.25) is 0 Å². The van der Waals surface area contributed by atoms with Gasteiger partial charge >= 0.3 is 0 Å². The number of likely N-dealkylation sites (N-methyl/N-ethyl adjacent to an activating group) is 1. The van der Waals surface area contributed by atoms with Crippen LogP contribution in [0.5, 0.6) is 0 Å². The Kier molecular flexibility index (Phi) is 3.79. The molecular formula is C15H21N. The summed E-state index contributed by atoms with van der Waals surface area (Å²) in [4.78, 5) is 0. The smallest absolute Gasteiger partial charge is 0.0167 e. The molecule has 2 unspecified atom stereocenters. The maximum atomic E-state index is 3.86. The van der Waals surface area contributed by atoms with E-state index in [2.05, 4.69) is 43.2 Å². The van der Waals surface area contributed by atoms with Gasteiger partial charge < -0.3 is 5.32 Å². The van der Waals surface area contributed by atoms with E-state index >= 15 is 0 Å². The third-order valence-electron chi connectivity index (χ3n) is 3.69.